The summed E-state index contributed by atoms with van der Waals surface area (Å²) in [4.78, 5) is 2.39. The first kappa shape index (κ1) is 10.4. The quantitative estimate of drug-likeness (QED) is 0.694. The Hall–Kier alpha value is -0.0900. The molecule has 0 aromatic heterocycles. The van der Waals surface area contributed by atoms with Crippen molar-refractivity contribution in [1.29, 1.82) is 0 Å². The molecule has 1 aliphatic carbocycles. The zero-order valence-corrected chi connectivity index (χ0v) is 9.59. The van der Waals surface area contributed by atoms with Gasteiger partial charge in [-0.2, -0.15) is 0 Å². The van der Waals surface area contributed by atoms with Crippen LogP contribution in [-0.4, -0.2) is 44.0 Å². The second-order valence-corrected chi connectivity index (χ2v) is 7.00. The van der Waals surface area contributed by atoms with E-state index in [0.717, 1.165) is 19.5 Å². The fraction of sp³-hybridized carbons (Fsp3) is 1.00. The molecule has 4 heteroatoms. The monoisotopic (exact) mass is 217 g/mol. The number of nitrogens with zero attached hydrogens (tertiary/aromatic N) is 1. The van der Waals surface area contributed by atoms with Crippen LogP contribution in [0.2, 0.25) is 0 Å². The maximum Gasteiger partial charge on any atom is 0.151 e. The van der Waals surface area contributed by atoms with Crippen molar-refractivity contribution in [2.45, 2.75) is 43.4 Å². The minimum atomic E-state index is -2.81. The summed E-state index contributed by atoms with van der Waals surface area (Å²) in [7, 11) is -2.81. The first-order chi connectivity index (χ1) is 6.57. The molecule has 14 heavy (non-hydrogen) atoms. The van der Waals surface area contributed by atoms with Gasteiger partial charge in [-0.25, -0.2) is 8.42 Å². The molecule has 0 N–H and O–H groups in total. The Morgan fingerprint density at radius 3 is 2.29 bits per heavy atom. The summed E-state index contributed by atoms with van der Waals surface area (Å²) >= 11 is 0. The molecule has 1 heterocycles. The van der Waals surface area contributed by atoms with Crippen molar-refractivity contribution in [2.75, 3.05) is 19.3 Å². The molecule has 0 spiro atoms. The maximum absolute atomic E-state index is 11.4. The molecule has 2 fully saturated rings. The molecule has 0 radical (unpaired) electrons. The summed E-state index contributed by atoms with van der Waals surface area (Å²) in [5.41, 5.74) is 0. The van der Waals surface area contributed by atoms with Crippen LogP contribution in [0, 0.1) is 0 Å². The minimum absolute atomic E-state index is 0.0944. The molecule has 82 valence electrons. The molecule has 2 aliphatic rings. The van der Waals surface area contributed by atoms with E-state index in [9.17, 15) is 8.42 Å². The van der Waals surface area contributed by atoms with E-state index in [1.165, 1.54) is 31.9 Å². The van der Waals surface area contributed by atoms with Gasteiger partial charge in [-0.05, 0) is 25.8 Å². The second kappa shape index (κ2) is 3.81. The number of rotatable bonds is 2. The first-order valence-electron chi connectivity index (χ1n) is 5.50. The molecule has 1 saturated heterocycles. The Labute approximate surface area is 86.4 Å². The Morgan fingerprint density at radius 1 is 1.14 bits per heavy atom. The second-order valence-electron chi connectivity index (χ2n) is 4.67. The molecule has 0 aromatic carbocycles. The van der Waals surface area contributed by atoms with Crippen LogP contribution < -0.4 is 0 Å². The van der Waals surface area contributed by atoms with Crippen LogP contribution in [0.15, 0.2) is 0 Å². The van der Waals surface area contributed by atoms with Gasteiger partial charge >= 0.3 is 0 Å². The number of likely N-dealkylation sites (tertiary alicyclic amines) is 1. The van der Waals surface area contributed by atoms with Crippen LogP contribution in [0.3, 0.4) is 0 Å². The average molecular weight is 217 g/mol. The van der Waals surface area contributed by atoms with Crippen LogP contribution in [0.25, 0.3) is 0 Å². The highest BCUT2D eigenvalue weighted by Gasteiger charge is 2.34. The fourth-order valence-corrected chi connectivity index (χ4v) is 3.70. The number of hydrogen-bond donors (Lipinski definition) is 0. The summed E-state index contributed by atoms with van der Waals surface area (Å²) in [6.45, 7) is 1.77. The third kappa shape index (κ3) is 2.11. The van der Waals surface area contributed by atoms with Gasteiger partial charge in [-0.1, -0.05) is 12.8 Å². The molecule has 1 aliphatic heterocycles. The third-order valence-corrected chi connectivity index (χ3v) is 5.22. The normalized spacial score (nSPS) is 31.4. The van der Waals surface area contributed by atoms with Crippen molar-refractivity contribution >= 4 is 9.84 Å². The Balaban J connectivity index is 1.94. The molecule has 0 aromatic rings. The van der Waals surface area contributed by atoms with Gasteiger partial charge < -0.3 is 0 Å². The van der Waals surface area contributed by atoms with E-state index in [4.69, 9.17) is 0 Å². The van der Waals surface area contributed by atoms with E-state index in [-0.39, 0.29) is 5.25 Å². The van der Waals surface area contributed by atoms with Gasteiger partial charge in [-0.3, -0.25) is 4.90 Å². The number of hydrogen-bond acceptors (Lipinski definition) is 3. The van der Waals surface area contributed by atoms with Crippen molar-refractivity contribution in [2.24, 2.45) is 0 Å². The lowest BCUT2D eigenvalue weighted by molar-refractivity contribution is 0.247. The van der Waals surface area contributed by atoms with Crippen molar-refractivity contribution < 1.29 is 8.42 Å². The van der Waals surface area contributed by atoms with Gasteiger partial charge in [0.2, 0.25) is 0 Å². The smallest absolute Gasteiger partial charge is 0.151 e. The average Bonchev–Trinajstić information content (AvgIpc) is 2.73. The largest absolute Gasteiger partial charge is 0.299 e. The Morgan fingerprint density at radius 2 is 1.79 bits per heavy atom. The molecule has 2 rings (SSSR count). The van der Waals surface area contributed by atoms with Crippen LogP contribution in [0.5, 0.6) is 0 Å². The highest BCUT2D eigenvalue weighted by molar-refractivity contribution is 7.91. The lowest BCUT2D eigenvalue weighted by Crippen LogP contribution is -2.33. The van der Waals surface area contributed by atoms with E-state index in [1.807, 2.05) is 0 Å². The zero-order chi connectivity index (χ0) is 10.2. The summed E-state index contributed by atoms with van der Waals surface area (Å²) < 4.78 is 22.7. The van der Waals surface area contributed by atoms with Gasteiger partial charge in [0, 0.05) is 18.8 Å². The van der Waals surface area contributed by atoms with Crippen molar-refractivity contribution in [1.82, 2.24) is 4.90 Å². The predicted molar refractivity (Wildman–Crippen MR) is 57.1 cm³/mol. The van der Waals surface area contributed by atoms with Crippen molar-refractivity contribution in [3.05, 3.63) is 0 Å². The third-order valence-electron chi connectivity index (χ3n) is 3.62. The molecule has 3 nitrogen and oxygen atoms in total. The van der Waals surface area contributed by atoms with Gasteiger partial charge in [0.15, 0.2) is 9.84 Å². The van der Waals surface area contributed by atoms with E-state index >= 15 is 0 Å². The zero-order valence-electron chi connectivity index (χ0n) is 8.78. The Kier molecular flexibility index (Phi) is 2.84. The Bertz CT molecular complexity index is 293. The lowest BCUT2D eigenvalue weighted by atomic mass is 10.2. The van der Waals surface area contributed by atoms with Crippen LogP contribution in [0.4, 0.5) is 0 Å². The SMILES string of the molecule is CS(=O)(=O)C1CCN(C2CCCC2)C1. The van der Waals surface area contributed by atoms with Crippen LogP contribution in [0.1, 0.15) is 32.1 Å². The minimum Gasteiger partial charge on any atom is -0.299 e. The molecular weight excluding hydrogens is 198 g/mol. The standard InChI is InChI=1S/C10H19NO2S/c1-14(12,13)10-6-7-11(8-10)9-4-2-3-5-9/h9-10H,2-8H2,1H3. The van der Waals surface area contributed by atoms with Crippen LogP contribution >= 0.6 is 0 Å². The summed E-state index contributed by atoms with van der Waals surface area (Å²) in [6.07, 6.45) is 7.41. The van der Waals surface area contributed by atoms with Crippen molar-refractivity contribution in [3.63, 3.8) is 0 Å². The summed E-state index contributed by atoms with van der Waals surface area (Å²) in [5, 5.41) is -0.0944. The summed E-state index contributed by atoms with van der Waals surface area (Å²) in [5.74, 6) is 0. The highest BCUT2D eigenvalue weighted by atomic mass is 32.2. The molecule has 0 amide bonds. The van der Waals surface area contributed by atoms with Crippen LogP contribution in [-0.2, 0) is 9.84 Å². The molecule has 1 unspecified atom stereocenters. The number of sulfone groups is 1. The first-order valence-corrected chi connectivity index (χ1v) is 7.46. The van der Waals surface area contributed by atoms with E-state index in [2.05, 4.69) is 4.90 Å². The molecule has 1 atom stereocenters. The predicted octanol–water partition coefficient (Wildman–Crippen LogP) is 1.05. The van der Waals surface area contributed by atoms with Gasteiger partial charge in [-0.15, -0.1) is 0 Å². The fourth-order valence-electron chi connectivity index (χ4n) is 2.70. The molecular formula is C10H19NO2S. The van der Waals surface area contributed by atoms with E-state index < -0.39 is 9.84 Å². The highest BCUT2D eigenvalue weighted by Crippen LogP contribution is 2.28. The topological polar surface area (TPSA) is 37.4 Å². The van der Waals surface area contributed by atoms with Gasteiger partial charge in [0.25, 0.3) is 0 Å². The lowest BCUT2D eigenvalue weighted by Gasteiger charge is -2.23. The van der Waals surface area contributed by atoms with E-state index in [1.54, 1.807) is 0 Å². The maximum atomic E-state index is 11.4. The van der Waals surface area contributed by atoms with Crippen molar-refractivity contribution in [3.8, 4) is 0 Å². The molecule has 1 saturated carbocycles. The van der Waals surface area contributed by atoms with E-state index in [0.29, 0.717) is 6.04 Å². The molecule has 0 bridgehead atoms. The summed E-state index contributed by atoms with van der Waals surface area (Å²) in [6, 6.07) is 0.682. The van der Waals surface area contributed by atoms with Gasteiger partial charge in [0.05, 0.1) is 5.25 Å². The van der Waals surface area contributed by atoms with Gasteiger partial charge in [0.1, 0.15) is 0 Å².